The molecule has 8 nitrogen and oxygen atoms in total. The second-order valence-corrected chi connectivity index (χ2v) is 8.44. The van der Waals surface area contributed by atoms with E-state index in [1.54, 1.807) is 60.4 Å². The Morgan fingerprint density at radius 3 is 2.24 bits per heavy atom. The summed E-state index contributed by atoms with van der Waals surface area (Å²) in [5.74, 6) is -0.696. The molecular weight excluding hydrogens is 491 g/mol. The van der Waals surface area contributed by atoms with Gasteiger partial charge in [0.1, 0.15) is 18.2 Å². The summed E-state index contributed by atoms with van der Waals surface area (Å²) < 4.78 is 29.9. The highest BCUT2D eigenvalue weighted by atomic mass is 19.1. The van der Waals surface area contributed by atoms with Crippen LogP contribution in [0.3, 0.4) is 0 Å². The highest BCUT2D eigenvalue weighted by Gasteiger charge is 2.18. The fraction of sp³-hybridized carbons (Fsp3) is 0.310. The van der Waals surface area contributed by atoms with Gasteiger partial charge in [0, 0.05) is 25.3 Å². The molecule has 9 heteroatoms. The van der Waals surface area contributed by atoms with Gasteiger partial charge in [0.15, 0.2) is 6.10 Å². The van der Waals surface area contributed by atoms with Crippen molar-refractivity contribution in [3.8, 4) is 5.75 Å². The first kappa shape index (κ1) is 28.6. The normalized spacial score (nSPS) is 11.5. The Bertz CT molecular complexity index is 1130. The molecule has 0 spiro atoms. The third-order valence-corrected chi connectivity index (χ3v) is 5.62. The number of nitrogens with one attached hydrogen (secondary N) is 1. The monoisotopic (exact) mass is 524 g/mol. The van der Waals surface area contributed by atoms with Gasteiger partial charge >= 0.3 is 12.0 Å². The highest BCUT2D eigenvalue weighted by Crippen LogP contribution is 2.15. The van der Waals surface area contributed by atoms with E-state index >= 15 is 0 Å². The molecule has 0 aliphatic heterocycles. The molecule has 0 saturated carbocycles. The van der Waals surface area contributed by atoms with Crippen LogP contribution in [-0.2, 0) is 27.3 Å². The molecule has 0 aliphatic rings. The SMILES string of the molecule is CCOC(Cc1ccc(OCCN(CCOCc2ccc(F)cc2)C(=O)Nc2ccccc2)cc1)C(=O)O. The van der Waals surface area contributed by atoms with Gasteiger partial charge in [0.25, 0.3) is 0 Å². The fourth-order valence-electron chi connectivity index (χ4n) is 3.61. The van der Waals surface area contributed by atoms with Gasteiger partial charge in [0.05, 0.1) is 19.8 Å². The Labute approximate surface area is 221 Å². The molecule has 3 rings (SSSR count). The molecule has 0 bridgehead atoms. The molecule has 202 valence electrons. The number of carboxylic acids is 1. The molecule has 0 radical (unpaired) electrons. The highest BCUT2D eigenvalue weighted by molar-refractivity contribution is 5.89. The lowest BCUT2D eigenvalue weighted by atomic mass is 10.1. The number of anilines is 1. The smallest absolute Gasteiger partial charge is 0.333 e. The van der Waals surface area contributed by atoms with Gasteiger partial charge in [-0.25, -0.2) is 14.0 Å². The van der Waals surface area contributed by atoms with Crippen molar-refractivity contribution in [2.24, 2.45) is 0 Å². The van der Waals surface area contributed by atoms with Crippen LogP contribution in [-0.4, -0.2) is 61.0 Å². The Morgan fingerprint density at radius 1 is 0.921 bits per heavy atom. The van der Waals surface area contributed by atoms with Crippen molar-refractivity contribution < 1.29 is 33.3 Å². The Hall–Kier alpha value is -3.95. The number of carbonyl (C=O) groups excluding carboxylic acids is 1. The molecule has 1 atom stereocenters. The number of carbonyl (C=O) groups is 2. The molecule has 3 aromatic carbocycles. The number of rotatable bonds is 15. The summed E-state index contributed by atoms with van der Waals surface area (Å²) >= 11 is 0. The van der Waals surface area contributed by atoms with Gasteiger partial charge in [-0.05, 0) is 54.4 Å². The number of nitrogens with zero attached hydrogens (tertiary/aromatic N) is 1. The van der Waals surface area contributed by atoms with Crippen LogP contribution in [0.5, 0.6) is 5.75 Å². The molecule has 2 amide bonds. The molecule has 0 saturated heterocycles. The number of para-hydroxylation sites is 1. The number of ether oxygens (including phenoxy) is 3. The Morgan fingerprint density at radius 2 is 1.58 bits per heavy atom. The van der Waals surface area contributed by atoms with Crippen LogP contribution in [0.2, 0.25) is 0 Å². The maximum atomic E-state index is 13.1. The summed E-state index contributed by atoms with van der Waals surface area (Å²) in [6.45, 7) is 3.57. The van der Waals surface area contributed by atoms with Gasteiger partial charge in [-0.15, -0.1) is 0 Å². The summed E-state index contributed by atoms with van der Waals surface area (Å²) in [7, 11) is 0. The third-order valence-electron chi connectivity index (χ3n) is 5.62. The van der Waals surface area contributed by atoms with Gasteiger partial charge < -0.3 is 29.5 Å². The van der Waals surface area contributed by atoms with E-state index in [0.717, 1.165) is 11.1 Å². The van der Waals surface area contributed by atoms with Crippen LogP contribution < -0.4 is 10.1 Å². The van der Waals surface area contributed by atoms with Crippen LogP contribution in [0.1, 0.15) is 18.1 Å². The first-order valence-corrected chi connectivity index (χ1v) is 12.4. The summed E-state index contributed by atoms with van der Waals surface area (Å²) in [6, 6.07) is 22.1. The number of amides is 2. The number of hydrogen-bond acceptors (Lipinski definition) is 5. The van der Waals surface area contributed by atoms with E-state index in [0.29, 0.717) is 44.3 Å². The van der Waals surface area contributed by atoms with Gasteiger partial charge in [-0.3, -0.25) is 0 Å². The van der Waals surface area contributed by atoms with Gasteiger partial charge in [0.2, 0.25) is 0 Å². The maximum absolute atomic E-state index is 13.1. The lowest BCUT2D eigenvalue weighted by molar-refractivity contribution is -0.149. The number of carboxylic acid groups (broad SMARTS) is 1. The van der Waals surface area contributed by atoms with E-state index in [9.17, 15) is 19.1 Å². The zero-order chi connectivity index (χ0) is 27.2. The van der Waals surface area contributed by atoms with Crippen LogP contribution >= 0.6 is 0 Å². The largest absolute Gasteiger partial charge is 0.492 e. The second kappa shape index (κ2) is 15.3. The average Bonchev–Trinajstić information content (AvgIpc) is 2.92. The Kier molecular flexibility index (Phi) is 11.5. The number of benzene rings is 3. The number of aliphatic carboxylic acids is 1. The molecule has 0 aliphatic carbocycles. The molecular formula is C29H33FN2O6. The molecule has 2 N–H and O–H groups in total. The number of urea groups is 1. The zero-order valence-electron chi connectivity index (χ0n) is 21.3. The molecule has 0 aromatic heterocycles. The standard InChI is InChI=1S/C29H33FN2O6/c1-2-37-27(28(33)34)20-22-10-14-26(15-11-22)38-19-17-32(29(35)31-25-6-4-3-5-7-25)16-18-36-21-23-8-12-24(30)13-9-23/h3-15,27H,2,16-21H2,1H3,(H,31,35)(H,33,34). The van der Waals surface area contributed by atoms with Crippen LogP contribution in [0, 0.1) is 5.82 Å². The summed E-state index contributed by atoms with van der Waals surface area (Å²) in [4.78, 5) is 25.8. The number of halogens is 1. The predicted octanol–water partition coefficient (Wildman–Crippen LogP) is 4.99. The van der Waals surface area contributed by atoms with Crippen molar-refractivity contribution in [3.63, 3.8) is 0 Å². The number of hydrogen-bond donors (Lipinski definition) is 2. The first-order valence-electron chi connectivity index (χ1n) is 12.4. The van der Waals surface area contributed by atoms with E-state index in [-0.39, 0.29) is 24.9 Å². The predicted molar refractivity (Wildman–Crippen MR) is 142 cm³/mol. The van der Waals surface area contributed by atoms with Crippen LogP contribution in [0.25, 0.3) is 0 Å². The van der Waals surface area contributed by atoms with E-state index < -0.39 is 12.1 Å². The summed E-state index contributed by atoms with van der Waals surface area (Å²) in [6.07, 6.45) is -0.636. The fourth-order valence-corrected chi connectivity index (χ4v) is 3.61. The van der Waals surface area contributed by atoms with Crippen molar-refractivity contribution in [2.45, 2.75) is 26.1 Å². The minimum Gasteiger partial charge on any atom is -0.492 e. The van der Waals surface area contributed by atoms with Crippen molar-refractivity contribution >= 4 is 17.7 Å². The summed E-state index contributed by atoms with van der Waals surface area (Å²) in [5, 5.41) is 12.1. The topological polar surface area (TPSA) is 97.3 Å². The maximum Gasteiger partial charge on any atom is 0.333 e. The quantitative estimate of drug-likeness (QED) is 0.272. The molecule has 1 unspecified atom stereocenters. The Balaban J connectivity index is 1.51. The lowest BCUT2D eigenvalue weighted by Crippen LogP contribution is -2.40. The zero-order valence-corrected chi connectivity index (χ0v) is 21.3. The van der Waals surface area contributed by atoms with Crippen LogP contribution in [0.15, 0.2) is 78.9 Å². The summed E-state index contributed by atoms with van der Waals surface area (Å²) in [5.41, 5.74) is 2.34. The van der Waals surface area contributed by atoms with E-state index in [4.69, 9.17) is 14.2 Å². The van der Waals surface area contributed by atoms with Crippen molar-refractivity contribution in [2.75, 3.05) is 38.2 Å². The average molecular weight is 525 g/mol. The third kappa shape index (κ3) is 9.84. The minimum atomic E-state index is -0.998. The molecule has 0 fully saturated rings. The van der Waals surface area contributed by atoms with E-state index in [1.807, 2.05) is 18.2 Å². The van der Waals surface area contributed by atoms with E-state index in [1.165, 1.54) is 12.1 Å². The second-order valence-electron chi connectivity index (χ2n) is 8.44. The van der Waals surface area contributed by atoms with E-state index in [2.05, 4.69) is 5.32 Å². The van der Waals surface area contributed by atoms with Gasteiger partial charge in [-0.1, -0.05) is 42.5 Å². The molecule has 0 heterocycles. The minimum absolute atomic E-state index is 0.246. The lowest BCUT2D eigenvalue weighted by Gasteiger charge is -2.23. The van der Waals surface area contributed by atoms with Crippen molar-refractivity contribution in [3.05, 3.63) is 95.8 Å². The molecule has 3 aromatic rings. The van der Waals surface area contributed by atoms with Crippen molar-refractivity contribution in [1.82, 2.24) is 4.90 Å². The van der Waals surface area contributed by atoms with Gasteiger partial charge in [-0.2, -0.15) is 0 Å². The van der Waals surface area contributed by atoms with Crippen molar-refractivity contribution in [1.29, 1.82) is 0 Å². The molecule has 38 heavy (non-hydrogen) atoms. The van der Waals surface area contributed by atoms with Crippen LogP contribution in [0.4, 0.5) is 14.9 Å². The first-order chi connectivity index (χ1) is 18.4.